The molecule has 0 aliphatic heterocycles. The van der Waals surface area contributed by atoms with Crippen LogP contribution in [0.2, 0.25) is 0 Å². The highest BCUT2D eigenvalue weighted by Gasteiger charge is 2.07. The van der Waals surface area contributed by atoms with Crippen LogP contribution in [0.5, 0.6) is 0 Å². The summed E-state index contributed by atoms with van der Waals surface area (Å²) in [5.41, 5.74) is 2.97. The first-order chi connectivity index (χ1) is 11.1. The summed E-state index contributed by atoms with van der Waals surface area (Å²) in [6, 6.07) is 14.5. The first kappa shape index (κ1) is 14.8. The summed E-state index contributed by atoms with van der Waals surface area (Å²) in [6.45, 7) is 1.80. The molecule has 116 valence electrons. The predicted octanol–water partition coefficient (Wildman–Crippen LogP) is 2.22. The summed E-state index contributed by atoms with van der Waals surface area (Å²) in [7, 11) is 0. The van der Waals surface area contributed by atoms with Gasteiger partial charge < -0.3 is 10.6 Å². The van der Waals surface area contributed by atoms with Crippen molar-refractivity contribution in [2.75, 3.05) is 5.32 Å². The molecule has 2 heterocycles. The molecule has 0 fully saturated rings. The standard InChI is InChI=1S/C17H16N4O2/c1-12(22)19-14-7-5-13(6-8-14)17(23)18-11-15-10-16-4-2-3-9-21(16)20-15/h2-10H,11H2,1H3,(H,18,23)(H,19,22). The van der Waals surface area contributed by atoms with Crippen molar-refractivity contribution >= 4 is 23.0 Å². The van der Waals surface area contributed by atoms with Crippen molar-refractivity contribution < 1.29 is 9.59 Å². The number of nitrogens with zero attached hydrogens (tertiary/aromatic N) is 2. The highest BCUT2D eigenvalue weighted by Crippen LogP contribution is 2.10. The molecule has 2 aromatic heterocycles. The maximum Gasteiger partial charge on any atom is 0.251 e. The Morgan fingerprint density at radius 1 is 1.13 bits per heavy atom. The molecule has 6 heteroatoms. The van der Waals surface area contributed by atoms with E-state index in [1.807, 2.05) is 30.5 Å². The van der Waals surface area contributed by atoms with E-state index in [0.29, 0.717) is 17.8 Å². The van der Waals surface area contributed by atoms with E-state index in [9.17, 15) is 9.59 Å². The fraction of sp³-hybridized carbons (Fsp3) is 0.118. The number of aromatic nitrogens is 2. The van der Waals surface area contributed by atoms with Gasteiger partial charge in [0.1, 0.15) is 0 Å². The number of nitrogens with one attached hydrogen (secondary N) is 2. The summed E-state index contributed by atoms with van der Waals surface area (Å²) < 4.78 is 1.77. The van der Waals surface area contributed by atoms with Gasteiger partial charge in [0.05, 0.1) is 17.8 Å². The molecular formula is C17H16N4O2. The zero-order valence-electron chi connectivity index (χ0n) is 12.6. The minimum Gasteiger partial charge on any atom is -0.346 e. The van der Waals surface area contributed by atoms with Crippen molar-refractivity contribution in [3.63, 3.8) is 0 Å². The second kappa shape index (κ2) is 6.31. The Bertz CT molecular complexity index is 819. The third-order valence-corrected chi connectivity index (χ3v) is 3.32. The topological polar surface area (TPSA) is 75.5 Å². The zero-order valence-corrected chi connectivity index (χ0v) is 12.6. The van der Waals surface area contributed by atoms with Crippen LogP contribution < -0.4 is 10.6 Å². The zero-order chi connectivity index (χ0) is 16.2. The van der Waals surface area contributed by atoms with Crippen molar-refractivity contribution in [3.8, 4) is 0 Å². The maximum atomic E-state index is 12.1. The van der Waals surface area contributed by atoms with E-state index in [0.717, 1.165) is 11.2 Å². The number of anilines is 1. The summed E-state index contributed by atoms with van der Waals surface area (Å²) in [5, 5.41) is 9.87. The van der Waals surface area contributed by atoms with E-state index in [4.69, 9.17) is 0 Å². The Balaban J connectivity index is 1.63. The van der Waals surface area contributed by atoms with E-state index >= 15 is 0 Å². The molecule has 23 heavy (non-hydrogen) atoms. The van der Waals surface area contributed by atoms with Gasteiger partial charge in [0.15, 0.2) is 0 Å². The fourth-order valence-corrected chi connectivity index (χ4v) is 2.26. The fourth-order valence-electron chi connectivity index (χ4n) is 2.26. The average Bonchev–Trinajstić information content (AvgIpc) is 2.95. The lowest BCUT2D eigenvalue weighted by Crippen LogP contribution is -2.23. The number of pyridine rings is 1. The summed E-state index contributed by atoms with van der Waals surface area (Å²) in [6.07, 6.45) is 1.86. The van der Waals surface area contributed by atoms with Crippen molar-refractivity contribution in [1.29, 1.82) is 0 Å². The highest BCUT2D eigenvalue weighted by molar-refractivity contribution is 5.95. The molecule has 0 atom stereocenters. The molecule has 3 aromatic rings. The minimum atomic E-state index is -0.184. The Morgan fingerprint density at radius 3 is 2.61 bits per heavy atom. The van der Waals surface area contributed by atoms with Crippen LogP contribution in [0.15, 0.2) is 54.7 Å². The van der Waals surface area contributed by atoms with Gasteiger partial charge in [0.25, 0.3) is 5.91 Å². The smallest absolute Gasteiger partial charge is 0.251 e. The van der Waals surface area contributed by atoms with Crippen LogP contribution in [-0.2, 0) is 11.3 Å². The molecule has 0 aliphatic rings. The lowest BCUT2D eigenvalue weighted by Gasteiger charge is -2.05. The molecule has 0 saturated carbocycles. The first-order valence-electron chi connectivity index (χ1n) is 7.21. The number of carbonyl (C=O) groups is 2. The summed E-state index contributed by atoms with van der Waals surface area (Å²) >= 11 is 0. The molecular weight excluding hydrogens is 292 g/mol. The molecule has 0 unspecified atom stereocenters. The van der Waals surface area contributed by atoms with Crippen LogP contribution >= 0.6 is 0 Å². The molecule has 2 amide bonds. The highest BCUT2D eigenvalue weighted by atomic mass is 16.2. The third-order valence-electron chi connectivity index (χ3n) is 3.32. The van der Waals surface area contributed by atoms with Crippen molar-refractivity contribution in [3.05, 3.63) is 66.0 Å². The maximum absolute atomic E-state index is 12.1. The average molecular weight is 308 g/mol. The molecule has 0 radical (unpaired) electrons. The molecule has 0 saturated heterocycles. The number of rotatable bonds is 4. The lowest BCUT2D eigenvalue weighted by molar-refractivity contribution is -0.114. The van der Waals surface area contributed by atoms with Crippen LogP contribution in [0.4, 0.5) is 5.69 Å². The molecule has 3 rings (SSSR count). The van der Waals surface area contributed by atoms with Gasteiger partial charge in [0.2, 0.25) is 5.91 Å². The van der Waals surface area contributed by atoms with Crippen molar-refractivity contribution in [2.24, 2.45) is 0 Å². The summed E-state index contributed by atoms with van der Waals surface area (Å²) in [5.74, 6) is -0.328. The monoisotopic (exact) mass is 308 g/mol. The Kier molecular flexibility index (Phi) is 4.05. The Hall–Kier alpha value is -3.15. The van der Waals surface area contributed by atoms with Gasteiger partial charge in [-0.15, -0.1) is 0 Å². The number of hydrogen-bond donors (Lipinski definition) is 2. The van der Waals surface area contributed by atoms with E-state index in [1.165, 1.54) is 6.92 Å². The van der Waals surface area contributed by atoms with Gasteiger partial charge in [-0.25, -0.2) is 4.52 Å². The van der Waals surface area contributed by atoms with Crippen LogP contribution in [-0.4, -0.2) is 21.4 Å². The minimum absolute atomic E-state index is 0.144. The molecule has 6 nitrogen and oxygen atoms in total. The third kappa shape index (κ3) is 3.55. The van der Waals surface area contributed by atoms with Crippen LogP contribution in [0.3, 0.4) is 0 Å². The number of amides is 2. The second-order valence-corrected chi connectivity index (χ2v) is 5.15. The van der Waals surface area contributed by atoms with Gasteiger partial charge in [-0.2, -0.15) is 5.10 Å². The molecule has 0 aliphatic carbocycles. The SMILES string of the molecule is CC(=O)Nc1ccc(C(=O)NCc2cc3ccccn3n2)cc1. The van der Waals surface area contributed by atoms with Gasteiger partial charge in [-0.05, 0) is 42.5 Å². The van der Waals surface area contributed by atoms with E-state index in [2.05, 4.69) is 15.7 Å². The molecule has 1 aromatic carbocycles. The van der Waals surface area contributed by atoms with Gasteiger partial charge in [-0.3, -0.25) is 9.59 Å². The van der Waals surface area contributed by atoms with Crippen LogP contribution in [0.25, 0.3) is 5.52 Å². The van der Waals surface area contributed by atoms with Gasteiger partial charge >= 0.3 is 0 Å². The van der Waals surface area contributed by atoms with Gasteiger partial charge in [0, 0.05) is 24.4 Å². The van der Waals surface area contributed by atoms with Gasteiger partial charge in [-0.1, -0.05) is 6.07 Å². The lowest BCUT2D eigenvalue weighted by atomic mass is 10.2. The Morgan fingerprint density at radius 2 is 1.91 bits per heavy atom. The number of carbonyl (C=O) groups excluding carboxylic acids is 2. The number of hydrogen-bond acceptors (Lipinski definition) is 3. The van der Waals surface area contributed by atoms with Crippen molar-refractivity contribution in [1.82, 2.24) is 14.9 Å². The quantitative estimate of drug-likeness (QED) is 0.776. The van der Waals surface area contributed by atoms with Crippen LogP contribution in [0, 0.1) is 0 Å². The first-order valence-corrected chi connectivity index (χ1v) is 7.21. The second-order valence-electron chi connectivity index (χ2n) is 5.15. The van der Waals surface area contributed by atoms with E-state index in [-0.39, 0.29) is 11.8 Å². The molecule has 2 N–H and O–H groups in total. The number of benzene rings is 1. The molecule has 0 bridgehead atoms. The Labute approximate surface area is 133 Å². The van der Waals surface area contributed by atoms with E-state index in [1.54, 1.807) is 28.8 Å². The summed E-state index contributed by atoms with van der Waals surface area (Å²) in [4.78, 5) is 23.1. The molecule has 0 spiro atoms. The largest absolute Gasteiger partial charge is 0.346 e. The van der Waals surface area contributed by atoms with Crippen LogP contribution in [0.1, 0.15) is 23.0 Å². The van der Waals surface area contributed by atoms with E-state index < -0.39 is 0 Å². The normalized spacial score (nSPS) is 10.5. The predicted molar refractivity (Wildman–Crippen MR) is 87.1 cm³/mol. The number of fused-ring (bicyclic) bond motifs is 1. The van der Waals surface area contributed by atoms with Crippen molar-refractivity contribution in [2.45, 2.75) is 13.5 Å².